The first-order valence-electron chi connectivity index (χ1n) is 19.9. The van der Waals surface area contributed by atoms with Crippen molar-refractivity contribution >= 4 is 57.8 Å². The van der Waals surface area contributed by atoms with Gasteiger partial charge in [0.05, 0.1) is 33.2 Å². The first kappa shape index (κ1) is 46.6. The number of nitrogens with one attached hydrogen (secondary N) is 4. The average molecular weight is 819 g/mol. The fraction of sp³-hybridized carbons (Fsp3) is 0.558. The third kappa shape index (κ3) is 18.4. The zero-order valence-corrected chi connectivity index (χ0v) is 36.3. The smallest absolute Gasteiger partial charge is 0.237 e. The summed E-state index contributed by atoms with van der Waals surface area (Å²) in [7, 11) is 10.7. The highest BCUT2D eigenvalue weighted by Gasteiger charge is 2.19. The molecule has 0 aliphatic rings. The normalized spacial score (nSPS) is 12.1. The largest absolute Gasteiger partial charge is 0.373 e. The molecule has 0 saturated carbocycles. The van der Waals surface area contributed by atoms with Crippen molar-refractivity contribution in [1.29, 1.82) is 0 Å². The Balaban J connectivity index is 1.41. The molecule has 0 spiro atoms. The van der Waals surface area contributed by atoms with Crippen LogP contribution in [0.15, 0.2) is 72.8 Å². The van der Waals surface area contributed by atoms with E-state index in [9.17, 15) is 4.79 Å². The Labute approximate surface area is 347 Å². The van der Waals surface area contributed by atoms with E-state index in [2.05, 4.69) is 137 Å². The second-order valence-electron chi connectivity index (χ2n) is 15.1. The highest BCUT2D eigenvalue weighted by Crippen LogP contribution is 2.16. The van der Waals surface area contributed by atoms with Crippen LogP contribution in [-0.2, 0) is 24.4 Å². The Morgan fingerprint density at radius 1 is 0.582 bits per heavy atom. The summed E-state index contributed by atoms with van der Waals surface area (Å²) in [5.74, 6) is 1.89. The van der Waals surface area contributed by atoms with Gasteiger partial charge in [-0.25, -0.2) is 0 Å². The number of rotatable bonds is 29. The summed E-state index contributed by atoms with van der Waals surface area (Å²) >= 11 is 17.7. The van der Waals surface area contributed by atoms with E-state index >= 15 is 0 Å². The van der Waals surface area contributed by atoms with Gasteiger partial charge in [0.2, 0.25) is 5.91 Å². The second kappa shape index (κ2) is 26.2. The first-order valence-corrected chi connectivity index (χ1v) is 21.5. The van der Waals surface area contributed by atoms with Crippen LogP contribution in [0.4, 0.5) is 17.1 Å². The fourth-order valence-electron chi connectivity index (χ4n) is 6.42. The number of nitrogens with zero attached hydrogens (tertiary/aromatic N) is 4. The van der Waals surface area contributed by atoms with Crippen molar-refractivity contribution in [3.63, 3.8) is 0 Å². The highest BCUT2D eigenvalue weighted by atomic mass is 35.5. The molecular weight excluding hydrogens is 751 g/mol. The molecule has 12 heteroatoms. The van der Waals surface area contributed by atoms with Crippen LogP contribution in [0.2, 0.25) is 0 Å². The van der Waals surface area contributed by atoms with Crippen molar-refractivity contribution in [2.75, 3.05) is 120 Å². The predicted molar refractivity (Wildman–Crippen MR) is 239 cm³/mol. The van der Waals surface area contributed by atoms with Crippen LogP contribution < -0.4 is 36.0 Å². The Bertz CT molecular complexity index is 1460. The predicted octanol–water partition coefficient (Wildman–Crippen LogP) is 6.50. The molecule has 0 fully saturated rings. The number of hydrogen-bond acceptors (Lipinski definition) is 7. The minimum Gasteiger partial charge on any atom is -0.373 e. The van der Waals surface area contributed by atoms with E-state index in [1.54, 1.807) is 0 Å². The van der Waals surface area contributed by atoms with Crippen LogP contribution in [0.3, 0.4) is 0 Å². The Kier molecular flexibility index (Phi) is 22.2. The molecular formula is C43H68Cl3N8O+. The van der Waals surface area contributed by atoms with Crippen LogP contribution in [0.25, 0.3) is 0 Å². The number of alkyl halides is 3. The average Bonchev–Trinajstić information content (AvgIpc) is 3.18. The molecule has 0 heterocycles. The van der Waals surface area contributed by atoms with Crippen LogP contribution >= 0.6 is 34.8 Å². The number of halogens is 3. The van der Waals surface area contributed by atoms with Gasteiger partial charge < -0.3 is 40.4 Å². The molecule has 1 unspecified atom stereocenters. The van der Waals surface area contributed by atoms with Gasteiger partial charge in [-0.05, 0) is 72.5 Å². The van der Waals surface area contributed by atoms with Crippen LogP contribution in [0.1, 0.15) is 42.4 Å². The molecule has 1 atom stereocenters. The number of carbonyl (C=O) groups is 1. The monoisotopic (exact) mass is 817 g/mol. The molecule has 0 aliphatic heterocycles. The first-order chi connectivity index (χ1) is 26.5. The molecule has 0 aliphatic carbocycles. The van der Waals surface area contributed by atoms with Crippen molar-refractivity contribution in [3.05, 3.63) is 89.5 Å². The molecule has 3 aromatic rings. The maximum atomic E-state index is 13.5. The van der Waals surface area contributed by atoms with Crippen molar-refractivity contribution in [2.24, 2.45) is 0 Å². The Hall–Kier alpha value is -2.76. The van der Waals surface area contributed by atoms with Crippen LogP contribution in [0.5, 0.6) is 0 Å². The molecule has 4 N–H and O–H groups in total. The number of amides is 1. The number of quaternary nitrogens is 1. The van der Waals surface area contributed by atoms with E-state index in [-0.39, 0.29) is 11.9 Å². The zero-order chi connectivity index (χ0) is 39.9. The Morgan fingerprint density at radius 2 is 0.964 bits per heavy atom. The van der Waals surface area contributed by atoms with Gasteiger partial charge in [-0.2, -0.15) is 0 Å². The van der Waals surface area contributed by atoms with Gasteiger partial charge in [0, 0.05) is 121 Å². The molecule has 0 saturated heterocycles. The number of hydrogen-bond donors (Lipinski definition) is 4. The van der Waals surface area contributed by atoms with Crippen molar-refractivity contribution in [1.82, 2.24) is 21.3 Å². The van der Waals surface area contributed by atoms with Crippen molar-refractivity contribution < 1.29 is 9.28 Å². The molecule has 1 amide bonds. The maximum Gasteiger partial charge on any atom is 0.237 e. The second-order valence-corrected chi connectivity index (χ2v) is 16.3. The summed E-state index contributed by atoms with van der Waals surface area (Å²) in [6, 6.07) is 25.5. The van der Waals surface area contributed by atoms with E-state index < -0.39 is 0 Å². The summed E-state index contributed by atoms with van der Waals surface area (Å²) in [4.78, 5) is 20.0. The lowest BCUT2D eigenvalue weighted by Crippen LogP contribution is -2.46. The Morgan fingerprint density at radius 3 is 1.38 bits per heavy atom. The third-order valence-corrected chi connectivity index (χ3v) is 10.6. The van der Waals surface area contributed by atoms with Crippen LogP contribution in [-0.4, -0.2) is 122 Å². The number of anilines is 3. The molecule has 55 heavy (non-hydrogen) atoms. The summed E-state index contributed by atoms with van der Waals surface area (Å²) in [5, 5.41) is 14.0. The van der Waals surface area contributed by atoms with Gasteiger partial charge in [0.15, 0.2) is 0 Å². The van der Waals surface area contributed by atoms with E-state index in [0.717, 1.165) is 106 Å². The molecule has 9 nitrogen and oxygen atoms in total. The minimum absolute atomic E-state index is 0.0725. The molecule has 0 bridgehead atoms. The summed E-state index contributed by atoms with van der Waals surface area (Å²) in [5.41, 5.74) is 7.16. The standard InChI is InChI=1S/C43H67Cl3N8O/c1-51(28-22-44)39-16-10-36(11-17-39)33-47-25-6-9-42(50-35-38-14-20-41(21-15-38)53(3)30-24-46)43(55)49-27-8-32-54(4,5)31-7-26-48-34-37-12-18-40(19-13-37)52(2)29-23-45/h10-21,42,47-48,50H,6-9,22-35H2,1-5H3/p+1. The van der Waals surface area contributed by atoms with E-state index in [1.165, 1.54) is 16.8 Å². The molecule has 0 aromatic heterocycles. The van der Waals surface area contributed by atoms with E-state index in [4.69, 9.17) is 34.8 Å². The van der Waals surface area contributed by atoms with E-state index in [1.807, 2.05) is 7.05 Å². The SMILES string of the molecule is CN(CCCl)c1ccc(CNCCCC(NCc2ccc(N(C)CCCl)cc2)C(=O)NCCC[N+](C)(C)CCCNCc2ccc(N(C)CCCl)cc2)cc1. The molecule has 3 rings (SSSR count). The van der Waals surface area contributed by atoms with Gasteiger partial charge in [-0.1, -0.05) is 36.4 Å². The number of benzene rings is 3. The van der Waals surface area contributed by atoms with Gasteiger partial charge in [0.1, 0.15) is 0 Å². The quantitative estimate of drug-likeness (QED) is 0.0363. The highest BCUT2D eigenvalue weighted by molar-refractivity contribution is 6.18. The van der Waals surface area contributed by atoms with Gasteiger partial charge in [-0.15, -0.1) is 34.8 Å². The van der Waals surface area contributed by atoms with Gasteiger partial charge >= 0.3 is 0 Å². The summed E-state index contributed by atoms with van der Waals surface area (Å²) in [6.07, 6.45) is 3.67. The van der Waals surface area contributed by atoms with Gasteiger partial charge in [0.25, 0.3) is 0 Å². The maximum absolute atomic E-state index is 13.5. The van der Waals surface area contributed by atoms with E-state index in [0.29, 0.717) is 30.7 Å². The molecule has 306 valence electrons. The number of carbonyl (C=O) groups excluding carboxylic acids is 1. The topological polar surface area (TPSA) is 74.9 Å². The molecule has 3 aromatic carbocycles. The lowest BCUT2D eigenvalue weighted by Gasteiger charge is -2.30. The van der Waals surface area contributed by atoms with Crippen molar-refractivity contribution in [2.45, 2.75) is 51.4 Å². The van der Waals surface area contributed by atoms with Crippen LogP contribution in [0, 0.1) is 0 Å². The minimum atomic E-state index is -0.270. The lowest BCUT2D eigenvalue weighted by molar-refractivity contribution is -0.890. The zero-order valence-electron chi connectivity index (χ0n) is 34.1. The van der Waals surface area contributed by atoms with Gasteiger partial charge in [-0.3, -0.25) is 4.79 Å². The fourth-order valence-corrected chi connectivity index (χ4v) is 7.18. The summed E-state index contributed by atoms with van der Waals surface area (Å²) in [6.45, 7) is 9.30. The third-order valence-electron chi connectivity index (χ3n) is 10.1. The molecule has 0 radical (unpaired) electrons. The van der Waals surface area contributed by atoms with Crippen molar-refractivity contribution in [3.8, 4) is 0 Å². The lowest BCUT2D eigenvalue weighted by atomic mass is 10.1. The summed E-state index contributed by atoms with van der Waals surface area (Å²) < 4.78 is 0.926.